The quantitative estimate of drug-likeness (QED) is 0.803. The summed E-state index contributed by atoms with van der Waals surface area (Å²) in [6, 6.07) is 9.60. The molecule has 2 rings (SSSR count). The molecule has 0 fully saturated rings. The molecule has 0 amide bonds. The third-order valence-electron chi connectivity index (χ3n) is 3.37. The Balaban J connectivity index is 2.27. The van der Waals surface area contributed by atoms with Crippen molar-refractivity contribution in [3.63, 3.8) is 0 Å². The minimum Gasteiger partial charge on any atom is -0.302 e. The highest BCUT2D eigenvalue weighted by Crippen LogP contribution is 2.07. The Hall–Kier alpha value is -1.88. The molecule has 1 aromatic carbocycles. The minimum atomic E-state index is -0.344. The van der Waals surface area contributed by atoms with E-state index >= 15 is 0 Å². The van der Waals surface area contributed by atoms with E-state index in [1.807, 2.05) is 30.3 Å². The largest absolute Gasteiger partial charge is 0.431 e. The molecule has 0 radical (unpaired) electrons. The van der Waals surface area contributed by atoms with E-state index in [1.54, 1.807) is 4.68 Å². The first kappa shape index (κ1) is 13.5. The molecule has 19 heavy (non-hydrogen) atoms. The predicted molar refractivity (Wildman–Crippen MR) is 72.1 cm³/mol. The lowest BCUT2D eigenvalue weighted by Gasteiger charge is -2.22. The van der Waals surface area contributed by atoms with Crippen molar-refractivity contribution < 1.29 is 9.20 Å². The first-order valence-corrected chi connectivity index (χ1v) is 6.46. The average Bonchev–Trinajstić information content (AvgIpc) is 2.79. The lowest BCUT2D eigenvalue weighted by molar-refractivity contribution is -0.677. The second kappa shape index (κ2) is 5.40. The van der Waals surface area contributed by atoms with Crippen LogP contribution in [0.5, 0.6) is 0 Å². The highest BCUT2D eigenvalue weighted by atomic mass is 16.5. The molecule has 1 aromatic heterocycles. The summed E-state index contributed by atoms with van der Waals surface area (Å²) < 4.78 is 6.56. The summed E-state index contributed by atoms with van der Waals surface area (Å²) in [5.41, 5.74) is 1.08. The van der Waals surface area contributed by atoms with E-state index in [9.17, 15) is 4.79 Å². The van der Waals surface area contributed by atoms with E-state index in [0.29, 0.717) is 12.2 Å². The number of nitrogens with one attached hydrogen (secondary N) is 2. The van der Waals surface area contributed by atoms with Crippen LogP contribution >= 0.6 is 0 Å². The van der Waals surface area contributed by atoms with Gasteiger partial charge < -0.3 is 5.32 Å². The summed E-state index contributed by atoms with van der Waals surface area (Å²) in [5.74, 6) is 0. The Labute approximate surface area is 112 Å². The van der Waals surface area contributed by atoms with Gasteiger partial charge in [0.2, 0.25) is 5.69 Å². The molecule has 0 atom stereocenters. The van der Waals surface area contributed by atoms with Crippen molar-refractivity contribution in [2.24, 2.45) is 0 Å². The van der Waals surface area contributed by atoms with E-state index in [4.69, 9.17) is 4.52 Å². The third kappa shape index (κ3) is 3.12. The third-order valence-corrected chi connectivity index (χ3v) is 3.37. The maximum atomic E-state index is 11.8. The zero-order valence-corrected chi connectivity index (χ0v) is 11.6. The normalized spacial score (nSPS) is 11.7. The molecule has 0 saturated carbocycles. The number of aromatic amines is 1. The maximum Gasteiger partial charge on any atom is 0.431 e. The van der Waals surface area contributed by atoms with E-state index in [2.05, 4.69) is 31.4 Å². The molecular formula is C14H20N3O2+. The molecule has 102 valence electrons. The van der Waals surface area contributed by atoms with E-state index in [1.165, 1.54) is 0 Å². The lowest BCUT2D eigenvalue weighted by atomic mass is 10.0. The first-order valence-electron chi connectivity index (χ1n) is 6.46. The average molecular weight is 262 g/mol. The summed E-state index contributed by atoms with van der Waals surface area (Å²) in [4.78, 5) is 11.8. The molecular weight excluding hydrogens is 242 g/mol. The Morgan fingerprint density at radius 2 is 2.00 bits per heavy atom. The van der Waals surface area contributed by atoms with Crippen LogP contribution in [0.3, 0.4) is 0 Å². The summed E-state index contributed by atoms with van der Waals surface area (Å²) in [5, 5.41) is 5.99. The van der Waals surface area contributed by atoms with Crippen molar-refractivity contribution >= 4 is 0 Å². The van der Waals surface area contributed by atoms with Gasteiger partial charge in [0.1, 0.15) is 0 Å². The van der Waals surface area contributed by atoms with Gasteiger partial charge in [-0.05, 0) is 30.2 Å². The Bertz CT molecular complexity index is 584. The number of benzene rings is 1. The number of H-pyrrole nitrogens is 1. The van der Waals surface area contributed by atoms with Crippen molar-refractivity contribution in [3.8, 4) is 5.69 Å². The highest BCUT2D eigenvalue weighted by Gasteiger charge is 2.25. The van der Waals surface area contributed by atoms with E-state index in [0.717, 1.165) is 12.1 Å². The predicted octanol–water partition coefficient (Wildman–Crippen LogP) is 1.52. The van der Waals surface area contributed by atoms with Crippen molar-refractivity contribution in [3.05, 3.63) is 46.4 Å². The van der Waals surface area contributed by atoms with Gasteiger partial charge in [-0.3, -0.25) is 4.52 Å². The second-order valence-corrected chi connectivity index (χ2v) is 5.19. The van der Waals surface area contributed by atoms with Crippen LogP contribution in [-0.2, 0) is 6.54 Å². The van der Waals surface area contributed by atoms with Crippen LogP contribution in [0.25, 0.3) is 5.69 Å². The maximum absolute atomic E-state index is 11.8. The molecule has 2 aromatic rings. The molecule has 1 heterocycles. The molecule has 0 bridgehead atoms. The highest BCUT2D eigenvalue weighted by molar-refractivity contribution is 5.21. The number of rotatable bonds is 5. The standard InChI is InChI=1S/C14H19N3O2/c1-4-14(2,3)15-10-12-13(18)19-16-17(12)11-8-6-5-7-9-11/h5-9,15H,4,10H2,1-3H3/p+1. The van der Waals surface area contributed by atoms with Crippen LogP contribution in [-0.4, -0.2) is 10.8 Å². The van der Waals surface area contributed by atoms with Crippen molar-refractivity contribution in [1.29, 1.82) is 0 Å². The summed E-state index contributed by atoms with van der Waals surface area (Å²) in [6.45, 7) is 6.78. The van der Waals surface area contributed by atoms with Crippen LogP contribution < -0.4 is 15.6 Å². The van der Waals surface area contributed by atoms with Crippen molar-refractivity contribution in [2.45, 2.75) is 39.3 Å². The molecule has 5 nitrogen and oxygen atoms in total. The fraction of sp³-hybridized carbons (Fsp3) is 0.429. The van der Waals surface area contributed by atoms with E-state index in [-0.39, 0.29) is 11.2 Å². The number of hydrogen-bond acceptors (Lipinski definition) is 3. The fourth-order valence-electron chi connectivity index (χ4n) is 1.68. The zero-order valence-electron chi connectivity index (χ0n) is 11.6. The van der Waals surface area contributed by atoms with Gasteiger partial charge in [0.05, 0.1) is 6.54 Å². The topological polar surface area (TPSA) is 61.9 Å². The van der Waals surface area contributed by atoms with Crippen molar-refractivity contribution in [1.82, 2.24) is 10.6 Å². The fourth-order valence-corrected chi connectivity index (χ4v) is 1.68. The number of aromatic nitrogens is 2. The van der Waals surface area contributed by atoms with Gasteiger partial charge in [-0.2, -0.15) is 0 Å². The van der Waals surface area contributed by atoms with Gasteiger partial charge in [-0.15, -0.1) is 0 Å². The van der Waals surface area contributed by atoms with Gasteiger partial charge in [-0.25, -0.2) is 4.79 Å². The summed E-state index contributed by atoms with van der Waals surface area (Å²) in [6.07, 6.45) is 0.980. The van der Waals surface area contributed by atoms with Gasteiger partial charge in [0.25, 0.3) is 0 Å². The molecule has 0 aliphatic rings. The molecule has 2 N–H and O–H groups in total. The molecule has 0 spiro atoms. The van der Waals surface area contributed by atoms with Crippen LogP contribution in [0.15, 0.2) is 39.6 Å². The van der Waals surface area contributed by atoms with E-state index < -0.39 is 0 Å². The lowest BCUT2D eigenvalue weighted by Crippen LogP contribution is -2.45. The number of nitrogens with zero attached hydrogens (tertiary/aromatic N) is 1. The summed E-state index contributed by atoms with van der Waals surface area (Å²) in [7, 11) is 0. The Morgan fingerprint density at radius 3 is 2.63 bits per heavy atom. The SMILES string of the molecule is CCC(C)(C)NCc1c(=O)o[nH][n+]1-c1ccccc1. The van der Waals surface area contributed by atoms with Gasteiger partial charge in [0, 0.05) is 17.7 Å². The Kier molecular flexibility index (Phi) is 3.85. The van der Waals surface area contributed by atoms with Crippen LogP contribution in [0, 0.1) is 0 Å². The van der Waals surface area contributed by atoms with Gasteiger partial charge in [-0.1, -0.05) is 25.1 Å². The Morgan fingerprint density at radius 1 is 1.32 bits per heavy atom. The number of hydrogen-bond donors (Lipinski definition) is 2. The minimum absolute atomic E-state index is 0.0156. The number of para-hydroxylation sites is 1. The monoisotopic (exact) mass is 262 g/mol. The summed E-state index contributed by atoms with van der Waals surface area (Å²) >= 11 is 0. The van der Waals surface area contributed by atoms with Gasteiger partial charge in [0.15, 0.2) is 0 Å². The zero-order chi connectivity index (χ0) is 13.9. The second-order valence-electron chi connectivity index (χ2n) is 5.19. The van der Waals surface area contributed by atoms with Crippen LogP contribution in [0.2, 0.25) is 0 Å². The van der Waals surface area contributed by atoms with Crippen LogP contribution in [0.4, 0.5) is 0 Å². The van der Waals surface area contributed by atoms with Gasteiger partial charge >= 0.3 is 11.3 Å². The first-order chi connectivity index (χ1) is 9.03. The molecule has 0 saturated heterocycles. The molecule has 0 unspecified atom stereocenters. The smallest absolute Gasteiger partial charge is 0.302 e. The molecule has 0 aliphatic carbocycles. The molecule has 5 heteroatoms. The van der Waals surface area contributed by atoms with Crippen LogP contribution in [0.1, 0.15) is 32.9 Å². The van der Waals surface area contributed by atoms with Crippen molar-refractivity contribution in [2.75, 3.05) is 0 Å². The molecule has 0 aliphatic heterocycles.